The summed E-state index contributed by atoms with van der Waals surface area (Å²) in [4.78, 5) is 9.42. The molecule has 108 valence electrons. The van der Waals surface area contributed by atoms with Crippen molar-refractivity contribution in [1.29, 1.82) is 0 Å². The summed E-state index contributed by atoms with van der Waals surface area (Å²) in [5, 5.41) is 0. The summed E-state index contributed by atoms with van der Waals surface area (Å²) < 4.78 is 16.7. The first-order valence-electron chi connectivity index (χ1n) is 6.45. The highest BCUT2D eigenvalue weighted by Crippen LogP contribution is 2.43. The summed E-state index contributed by atoms with van der Waals surface area (Å²) in [6, 6.07) is 5.83. The quantitative estimate of drug-likeness (QED) is 0.815. The largest absolute Gasteiger partial charge is 0.424 e. The summed E-state index contributed by atoms with van der Waals surface area (Å²) in [5.74, 6) is 0.494. The molecule has 0 amide bonds. The van der Waals surface area contributed by atoms with Crippen molar-refractivity contribution >= 4 is 7.60 Å². The number of benzene rings is 1. The molecule has 1 N–H and O–H groups in total. The van der Waals surface area contributed by atoms with Crippen LogP contribution in [0.1, 0.15) is 52.7 Å². The van der Waals surface area contributed by atoms with Crippen LogP contribution in [0.5, 0.6) is 5.75 Å². The van der Waals surface area contributed by atoms with E-state index in [2.05, 4.69) is 47.6 Å². The fraction of sp³-hybridized carbons (Fsp3) is 0.600. The van der Waals surface area contributed by atoms with Gasteiger partial charge in [0.15, 0.2) is 0 Å². The summed E-state index contributed by atoms with van der Waals surface area (Å²) in [6.07, 6.45) is 0. The summed E-state index contributed by atoms with van der Waals surface area (Å²) >= 11 is 0. The third-order valence-electron chi connectivity index (χ3n) is 2.92. The molecule has 0 aliphatic heterocycles. The molecule has 0 spiro atoms. The van der Waals surface area contributed by atoms with Gasteiger partial charge in [-0.2, -0.15) is 0 Å². The Morgan fingerprint density at radius 1 is 1.05 bits per heavy atom. The maximum Gasteiger partial charge on any atom is 0.373 e. The van der Waals surface area contributed by atoms with Crippen molar-refractivity contribution in [3.05, 3.63) is 29.3 Å². The highest BCUT2D eigenvalue weighted by molar-refractivity contribution is 7.52. The molecule has 0 saturated heterocycles. The second kappa shape index (κ2) is 4.96. The Bertz CT molecular complexity index is 501. The van der Waals surface area contributed by atoms with Gasteiger partial charge in [0.1, 0.15) is 5.75 Å². The normalized spacial score (nSPS) is 16.0. The Balaban J connectivity index is 3.38. The van der Waals surface area contributed by atoms with Gasteiger partial charge < -0.3 is 9.42 Å². The van der Waals surface area contributed by atoms with Crippen LogP contribution in [0, 0.1) is 0 Å². The van der Waals surface area contributed by atoms with Crippen molar-refractivity contribution < 1.29 is 14.0 Å². The smallest absolute Gasteiger partial charge is 0.373 e. The van der Waals surface area contributed by atoms with E-state index in [0.29, 0.717) is 5.75 Å². The van der Waals surface area contributed by atoms with Crippen LogP contribution in [0.15, 0.2) is 18.2 Å². The molecule has 4 heteroatoms. The summed E-state index contributed by atoms with van der Waals surface area (Å²) in [6.45, 7) is 13.8. The zero-order valence-corrected chi connectivity index (χ0v) is 13.8. The second-order valence-electron chi connectivity index (χ2n) is 7.11. The van der Waals surface area contributed by atoms with Gasteiger partial charge in [-0.3, -0.25) is 0 Å². The van der Waals surface area contributed by atoms with Crippen molar-refractivity contribution in [2.75, 3.05) is 6.66 Å². The molecule has 3 nitrogen and oxygen atoms in total. The zero-order valence-electron chi connectivity index (χ0n) is 12.9. The maximum absolute atomic E-state index is 11.5. The molecule has 1 aromatic rings. The van der Waals surface area contributed by atoms with E-state index in [-0.39, 0.29) is 10.8 Å². The fourth-order valence-electron chi connectivity index (χ4n) is 1.84. The maximum atomic E-state index is 11.5. The van der Waals surface area contributed by atoms with Crippen LogP contribution in [0.3, 0.4) is 0 Å². The predicted octanol–water partition coefficient (Wildman–Crippen LogP) is 4.48. The molecular formula is C15H25O3P. The molecular weight excluding hydrogens is 259 g/mol. The third kappa shape index (κ3) is 4.67. The van der Waals surface area contributed by atoms with Gasteiger partial charge in [-0.05, 0) is 22.5 Å². The molecule has 0 fully saturated rings. The van der Waals surface area contributed by atoms with Crippen LogP contribution in [0.25, 0.3) is 0 Å². The predicted molar refractivity (Wildman–Crippen MR) is 80.2 cm³/mol. The Kier molecular flexibility index (Phi) is 4.24. The van der Waals surface area contributed by atoms with Crippen LogP contribution < -0.4 is 4.52 Å². The number of rotatable bonds is 2. The Morgan fingerprint density at radius 3 is 1.95 bits per heavy atom. The minimum absolute atomic E-state index is 0.0354. The lowest BCUT2D eigenvalue weighted by Crippen LogP contribution is -2.17. The monoisotopic (exact) mass is 284 g/mol. The van der Waals surface area contributed by atoms with Gasteiger partial charge >= 0.3 is 7.60 Å². The molecule has 0 heterocycles. The Hall–Kier alpha value is -0.790. The molecule has 0 aromatic heterocycles. The van der Waals surface area contributed by atoms with Crippen molar-refractivity contribution in [3.63, 3.8) is 0 Å². The molecule has 1 rings (SSSR count). The Labute approximate surface area is 116 Å². The van der Waals surface area contributed by atoms with Crippen LogP contribution in [-0.2, 0) is 15.4 Å². The van der Waals surface area contributed by atoms with Crippen LogP contribution >= 0.6 is 7.60 Å². The molecule has 0 saturated carbocycles. The van der Waals surface area contributed by atoms with Gasteiger partial charge in [-0.15, -0.1) is 0 Å². The van der Waals surface area contributed by atoms with Gasteiger partial charge in [0, 0.05) is 12.2 Å². The van der Waals surface area contributed by atoms with Crippen molar-refractivity contribution in [2.24, 2.45) is 0 Å². The molecule has 1 unspecified atom stereocenters. The highest BCUT2D eigenvalue weighted by Gasteiger charge is 2.25. The summed E-state index contributed by atoms with van der Waals surface area (Å²) in [5.41, 5.74) is 2.03. The molecule has 0 aliphatic rings. The first-order chi connectivity index (χ1) is 8.31. The van der Waals surface area contributed by atoms with E-state index in [0.717, 1.165) is 5.56 Å². The highest BCUT2D eigenvalue weighted by atomic mass is 31.2. The SMILES string of the molecule is CC(C)(C)c1ccc(OP(C)(=O)O)c(C(C)(C)C)c1. The molecule has 0 radical (unpaired) electrons. The van der Waals surface area contributed by atoms with Crippen LogP contribution in [0.4, 0.5) is 0 Å². The zero-order chi connectivity index (χ0) is 15.1. The first-order valence-corrected chi connectivity index (χ1v) is 8.48. The average Bonchev–Trinajstić information content (AvgIpc) is 2.11. The summed E-state index contributed by atoms with van der Waals surface area (Å²) in [7, 11) is -3.54. The van der Waals surface area contributed by atoms with Gasteiger partial charge in [0.2, 0.25) is 0 Å². The fourth-order valence-corrected chi connectivity index (χ4v) is 2.37. The van der Waals surface area contributed by atoms with Crippen LogP contribution in [0.2, 0.25) is 0 Å². The minimum atomic E-state index is -3.54. The lowest BCUT2D eigenvalue weighted by Gasteiger charge is -2.27. The van der Waals surface area contributed by atoms with Crippen molar-refractivity contribution in [3.8, 4) is 5.75 Å². The lowest BCUT2D eigenvalue weighted by molar-refractivity contribution is 0.381. The van der Waals surface area contributed by atoms with Gasteiger partial charge in [0.25, 0.3) is 0 Å². The van der Waals surface area contributed by atoms with E-state index < -0.39 is 7.60 Å². The van der Waals surface area contributed by atoms with E-state index in [4.69, 9.17) is 4.52 Å². The topological polar surface area (TPSA) is 46.5 Å². The van der Waals surface area contributed by atoms with Crippen LogP contribution in [-0.4, -0.2) is 11.6 Å². The van der Waals surface area contributed by atoms with Crippen molar-refractivity contribution in [1.82, 2.24) is 0 Å². The van der Waals surface area contributed by atoms with E-state index >= 15 is 0 Å². The average molecular weight is 284 g/mol. The standard InChI is InChI=1S/C15H25O3P/c1-14(2,3)11-8-9-13(18-19(7,16)17)12(10-11)15(4,5)6/h8-10H,1-7H3,(H,16,17). The van der Waals surface area contributed by atoms with E-state index in [9.17, 15) is 9.46 Å². The van der Waals surface area contributed by atoms with Gasteiger partial charge in [0.05, 0.1) is 0 Å². The minimum Gasteiger partial charge on any atom is -0.424 e. The van der Waals surface area contributed by atoms with E-state index in [1.165, 1.54) is 12.2 Å². The first kappa shape index (κ1) is 16.3. The van der Waals surface area contributed by atoms with E-state index in [1.54, 1.807) is 6.07 Å². The molecule has 0 bridgehead atoms. The van der Waals surface area contributed by atoms with Gasteiger partial charge in [-0.25, -0.2) is 4.57 Å². The Morgan fingerprint density at radius 2 is 1.58 bits per heavy atom. The lowest BCUT2D eigenvalue weighted by atomic mass is 9.80. The molecule has 0 aliphatic carbocycles. The van der Waals surface area contributed by atoms with Crippen molar-refractivity contribution in [2.45, 2.75) is 52.4 Å². The third-order valence-corrected chi connectivity index (χ3v) is 3.46. The number of hydrogen-bond acceptors (Lipinski definition) is 2. The molecule has 19 heavy (non-hydrogen) atoms. The second-order valence-corrected chi connectivity index (χ2v) is 8.89. The van der Waals surface area contributed by atoms with E-state index in [1.807, 2.05) is 6.07 Å². The van der Waals surface area contributed by atoms with Gasteiger partial charge in [-0.1, -0.05) is 53.7 Å². The molecule has 1 aromatic carbocycles. The number of hydrogen-bond donors (Lipinski definition) is 1. The molecule has 1 atom stereocenters.